The molecule has 0 aliphatic carbocycles. The van der Waals surface area contributed by atoms with Crippen LogP contribution in [0.3, 0.4) is 0 Å². The van der Waals surface area contributed by atoms with Crippen LogP contribution in [0.5, 0.6) is 0 Å². The van der Waals surface area contributed by atoms with E-state index in [0.29, 0.717) is 5.56 Å². The summed E-state index contributed by atoms with van der Waals surface area (Å²) in [4.78, 5) is 3.92. The van der Waals surface area contributed by atoms with Crippen LogP contribution in [0.2, 0.25) is 0 Å². The number of aliphatic hydroxyl groups is 1. The van der Waals surface area contributed by atoms with E-state index < -0.39 is 12.8 Å². The van der Waals surface area contributed by atoms with Gasteiger partial charge in [0.15, 0.2) is 0 Å². The summed E-state index contributed by atoms with van der Waals surface area (Å²) in [6, 6.07) is 3.42. The highest BCUT2D eigenvalue weighted by Crippen LogP contribution is 2.11. The Morgan fingerprint density at radius 2 is 2.36 bits per heavy atom. The minimum atomic E-state index is -1.02. The van der Waals surface area contributed by atoms with Gasteiger partial charge in [-0.2, -0.15) is 0 Å². The Morgan fingerprint density at radius 1 is 1.64 bits per heavy atom. The zero-order valence-electron chi connectivity index (χ0n) is 6.29. The molecular weight excluding hydrogens is 145 g/mol. The monoisotopic (exact) mass is 155 g/mol. The van der Waals surface area contributed by atoms with Crippen LogP contribution in [-0.4, -0.2) is 16.8 Å². The van der Waals surface area contributed by atoms with Crippen LogP contribution in [0.1, 0.15) is 17.4 Å². The van der Waals surface area contributed by atoms with Crippen LogP contribution in [0.25, 0.3) is 0 Å². The highest BCUT2D eigenvalue weighted by molar-refractivity contribution is 5.15. The number of hydrogen-bond donors (Lipinski definition) is 1. The molecule has 1 unspecified atom stereocenters. The molecule has 0 aliphatic rings. The zero-order valence-corrected chi connectivity index (χ0v) is 6.29. The maximum absolute atomic E-state index is 11.9. The predicted octanol–water partition coefficient (Wildman–Crippen LogP) is 1.39. The second kappa shape index (κ2) is 3.44. The van der Waals surface area contributed by atoms with Crippen LogP contribution in [0.15, 0.2) is 18.3 Å². The van der Waals surface area contributed by atoms with Crippen LogP contribution in [-0.2, 0) is 0 Å². The third-order valence-electron chi connectivity index (χ3n) is 1.47. The molecule has 0 fully saturated rings. The lowest BCUT2D eigenvalue weighted by atomic mass is 10.2. The molecule has 2 nitrogen and oxygen atoms in total. The van der Waals surface area contributed by atoms with Crippen LogP contribution in [0, 0.1) is 6.92 Å². The van der Waals surface area contributed by atoms with Gasteiger partial charge in [0, 0.05) is 17.5 Å². The molecule has 1 rings (SSSR count). The van der Waals surface area contributed by atoms with Gasteiger partial charge in [-0.15, -0.1) is 0 Å². The summed E-state index contributed by atoms with van der Waals surface area (Å²) >= 11 is 0. The first-order valence-corrected chi connectivity index (χ1v) is 3.40. The van der Waals surface area contributed by atoms with Crippen molar-refractivity contribution in [2.75, 3.05) is 6.67 Å². The number of hydrogen-bond acceptors (Lipinski definition) is 2. The van der Waals surface area contributed by atoms with Gasteiger partial charge in [-0.3, -0.25) is 4.98 Å². The molecule has 0 aromatic carbocycles. The fraction of sp³-hybridized carbons (Fsp3) is 0.375. The molecule has 1 heterocycles. The quantitative estimate of drug-likeness (QED) is 0.700. The van der Waals surface area contributed by atoms with E-state index in [2.05, 4.69) is 4.98 Å². The Balaban J connectivity index is 2.81. The van der Waals surface area contributed by atoms with E-state index in [1.165, 1.54) is 6.20 Å². The predicted molar refractivity (Wildman–Crippen MR) is 39.9 cm³/mol. The molecule has 0 saturated heterocycles. The third-order valence-corrected chi connectivity index (χ3v) is 1.47. The summed E-state index contributed by atoms with van der Waals surface area (Å²) in [5, 5.41) is 9.01. The highest BCUT2D eigenvalue weighted by Gasteiger charge is 2.05. The molecule has 0 saturated carbocycles. The Kier molecular flexibility index (Phi) is 2.54. The van der Waals surface area contributed by atoms with E-state index in [1.54, 1.807) is 12.1 Å². The molecule has 60 valence electrons. The lowest BCUT2D eigenvalue weighted by molar-refractivity contribution is 0.141. The number of aromatic nitrogens is 1. The first kappa shape index (κ1) is 8.14. The van der Waals surface area contributed by atoms with E-state index in [0.717, 1.165) is 5.69 Å². The molecule has 1 N–H and O–H groups in total. The van der Waals surface area contributed by atoms with E-state index in [4.69, 9.17) is 5.11 Å². The summed E-state index contributed by atoms with van der Waals surface area (Å²) in [5.41, 5.74) is 1.39. The van der Waals surface area contributed by atoms with E-state index >= 15 is 0 Å². The van der Waals surface area contributed by atoms with E-state index in [9.17, 15) is 4.39 Å². The summed E-state index contributed by atoms with van der Waals surface area (Å²) in [6.07, 6.45) is 0.461. The smallest absolute Gasteiger partial charge is 0.120 e. The van der Waals surface area contributed by atoms with Crippen LogP contribution < -0.4 is 0 Å². The normalized spacial score (nSPS) is 13.0. The first-order valence-electron chi connectivity index (χ1n) is 3.40. The van der Waals surface area contributed by atoms with Gasteiger partial charge in [-0.1, -0.05) is 6.07 Å². The molecular formula is C8H10FNO. The summed E-state index contributed by atoms with van der Waals surface area (Å²) < 4.78 is 11.9. The molecule has 3 heteroatoms. The summed E-state index contributed by atoms with van der Waals surface area (Å²) in [7, 11) is 0. The molecule has 0 aliphatic heterocycles. The molecule has 0 bridgehead atoms. The maximum atomic E-state index is 11.9. The minimum Gasteiger partial charge on any atom is -0.386 e. The fourth-order valence-electron chi connectivity index (χ4n) is 0.765. The Bertz CT molecular complexity index is 222. The van der Waals surface area contributed by atoms with Crippen molar-refractivity contribution in [2.45, 2.75) is 13.0 Å². The lowest BCUT2D eigenvalue weighted by Crippen LogP contribution is -1.99. The van der Waals surface area contributed by atoms with Crippen molar-refractivity contribution in [3.8, 4) is 0 Å². The average Bonchev–Trinajstić information content (AvgIpc) is 2.05. The number of nitrogens with zero attached hydrogens (tertiary/aromatic N) is 1. The van der Waals surface area contributed by atoms with Crippen molar-refractivity contribution in [1.82, 2.24) is 4.98 Å². The Hall–Kier alpha value is -0.960. The van der Waals surface area contributed by atoms with Gasteiger partial charge in [0.2, 0.25) is 0 Å². The van der Waals surface area contributed by atoms with Crippen molar-refractivity contribution >= 4 is 0 Å². The van der Waals surface area contributed by atoms with Crippen molar-refractivity contribution in [2.24, 2.45) is 0 Å². The number of aliphatic hydroxyl groups excluding tert-OH is 1. The van der Waals surface area contributed by atoms with Gasteiger partial charge in [-0.25, -0.2) is 4.39 Å². The van der Waals surface area contributed by atoms with Crippen LogP contribution in [0.4, 0.5) is 4.39 Å². The number of alkyl halides is 1. The summed E-state index contributed by atoms with van der Waals surface area (Å²) in [5.74, 6) is 0. The first-order chi connectivity index (χ1) is 5.24. The fourth-order valence-corrected chi connectivity index (χ4v) is 0.765. The van der Waals surface area contributed by atoms with Gasteiger partial charge >= 0.3 is 0 Å². The second-order valence-corrected chi connectivity index (χ2v) is 2.40. The number of pyridine rings is 1. The van der Waals surface area contributed by atoms with Crippen molar-refractivity contribution in [3.05, 3.63) is 29.6 Å². The molecule has 0 spiro atoms. The molecule has 1 aromatic rings. The standard InChI is InChI=1S/C8H10FNO/c1-6-2-3-7(5-10-6)8(11)4-9/h2-3,5,8,11H,4H2,1H3. The Labute approximate surface area is 64.7 Å². The van der Waals surface area contributed by atoms with Crippen molar-refractivity contribution in [1.29, 1.82) is 0 Å². The highest BCUT2D eigenvalue weighted by atomic mass is 19.1. The maximum Gasteiger partial charge on any atom is 0.120 e. The van der Waals surface area contributed by atoms with Gasteiger partial charge in [0.05, 0.1) is 0 Å². The van der Waals surface area contributed by atoms with E-state index in [1.807, 2.05) is 6.92 Å². The van der Waals surface area contributed by atoms with Crippen molar-refractivity contribution < 1.29 is 9.50 Å². The van der Waals surface area contributed by atoms with Gasteiger partial charge in [0.25, 0.3) is 0 Å². The molecule has 0 amide bonds. The van der Waals surface area contributed by atoms with E-state index in [-0.39, 0.29) is 0 Å². The number of rotatable bonds is 2. The van der Waals surface area contributed by atoms with Crippen molar-refractivity contribution in [3.63, 3.8) is 0 Å². The molecule has 1 aromatic heterocycles. The number of halogens is 1. The van der Waals surface area contributed by atoms with Gasteiger partial charge in [-0.05, 0) is 13.0 Å². The summed E-state index contributed by atoms with van der Waals surface area (Å²) in [6.45, 7) is 1.08. The third kappa shape index (κ3) is 1.98. The van der Waals surface area contributed by atoms with Gasteiger partial charge in [0.1, 0.15) is 12.8 Å². The largest absolute Gasteiger partial charge is 0.386 e. The average molecular weight is 155 g/mol. The minimum absolute atomic E-state index is 0.526. The molecule has 0 radical (unpaired) electrons. The second-order valence-electron chi connectivity index (χ2n) is 2.40. The molecule has 1 atom stereocenters. The van der Waals surface area contributed by atoms with Crippen LogP contribution >= 0.6 is 0 Å². The zero-order chi connectivity index (χ0) is 8.27. The number of aryl methyl sites for hydroxylation is 1. The lowest BCUT2D eigenvalue weighted by Gasteiger charge is -2.04. The Morgan fingerprint density at radius 3 is 2.82 bits per heavy atom. The SMILES string of the molecule is Cc1ccc(C(O)CF)cn1. The molecule has 11 heavy (non-hydrogen) atoms. The topological polar surface area (TPSA) is 33.1 Å². The van der Waals surface area contributed by atoms with Gasteiger partial charge < -0.3 is 5.11 Å².